The lowest BCUT2D eigenvalue weighted by Gasteiger charge is -2.30. The fraction of sp³-hybridized carbons (Fsp3) is 0.467. The van der Waals surface area contributed by atoms with Gasteiger partial charge in [-0.2, -0.15) is 0 Å². The average Bonchev–Trinajstić information content (AvgIpc) is 3.57. The lowest BCUT2D eigenvalue weighted by Crippen LogP contribution is -2.34. The van der Waals surface area contributed by atoms with Crippen LogP contribution in [-0.2, 0) is 24.2 Å². The number of benzene rings is 2. The summed E-state index contributed by atoms with van der Waals surface area (Å²) in [6, 6.07) is 14.9. The van der Waals surface area contributed by atoms with Crippen molar-refractivity contribution in [1.82, 2.24) is 30.1 Å². The highest BCUT2D eigenvalue weighted by atomic mass is 16.5. The minimum absolute atomic E-state index is 0.0365. The van der Waals surface area contributed by atoms with Crippen molar-refractivity contribution >= 4 is 10.9 Å². The molecule has 0 bridgehead atoms. The third kappa shape index (κ3) is 5.87. The maximum atomic E-state index is 13.3. The van der Waals surface area contributed by atoms with Crippen LogP contribution in [0.2, 0.25) is 0 Å². The second kappa shape index (κ2) is 11.6. The van der Waals surface area contributed by atoms with Gasteiger partial charge in [-0.3, -0.25) is 9.69 Å². The monoisotopic (exact) mass is 514 g/mol. The van der Waals surface area contributed by atoms with Gasteiger partial charge in [0.15, 0.2) is 5.82 Å². The Labute approximate surface area is 224 Å². The Morgan fingerprint density at radius 3 is 2.79 bits per heavy atom. The second-order valence-corrected chi connectivity index (χ2v) is 10.7. The third-order valence-electron chi connectivity index (χ3n) is 7.60. The molecule has 2 aromatic carbocycles. The van der Waals surface area contributed by atoms with E-state index in [0.29, 0.717) is 13.1 Å². The standard InChI is InChI=1S/C30H38N6O2/c1-5-27(29-32-33-34-36(29)19-26-10-7-13-38-26)35(12-11-23-9-6-8-20(2)15-23)18-25-17-24-16-21(3)14-22(4)28(24)31-30(25)37/h6,8-9,14-17,26-27H,5,7,10-13,18-19H2,1-4H3,(H,31,37)/t26-,27-/m1/s1. The van der Waals surface area contributed by atoms with Crippen LogP contribution in [-0.4, -0.2) is 49.3 Å². The molecule has 8 heteroatoms. The van der Waals surface area contributed by atoms with Crippen LogP contribution in [0.3, 0.4) is 0 Å². The van der Waals surface area contributed by atoms with Crippen molar-refractivity contribution < 1.29 is 4.74 Å². The van der Waals surface area contributed by atoms with Crippen molar-refractivity contribution in [3.05, 3.63) is 86.5 Å². The first kappa shape index (κ1) is 26.3. The van der Waals surface area contributed by atoms with Crippen LogP contribution in [0.5, 0.6) is 0 Å². The van der Waals surface area contributed by atoms with E-state index in [2.05, 4.69) is 88.6 Å². The van der Waals surface area contributed by atoms with Crippen LogP contribution in [0.1, 0.15) is 65.9 Å². The molecule has 1 aliphatic heterocycles. The van der Waals surface area contributed by atoms with E-state index in [-0.39, 0.29) is 17.7 Å². The number of pyridine rings is 1. The van der Waals surface area contributed by atoms with Gasteiger partial charge in [0.05, 0.1) is 24.2 Å². The summed E-state index contributed by atoms with van der Waals surface area (Å²) in [4.78, 5) is 18.8. The van der Waals surface area contributed by atoms with Crippen molar-refractivity contribution in [1.29, 1.82) is 0 Å². The van der Waals surface area contributed by atoms with Crippen molar-refractivity contribution in [2.45, 2.75) is 78.6 Å². The molecule has 0 amide bonds. The van der Waals surface area contributed by atoms with E-state index < -0.39 is 0 Å². The van der Waals surface area contributed by atoms with Gasteiger partial charge in [0.2, 0.25) is 0 Å². The van der Waals surface area contributed by atoms with Gasteiger partial charge in [-0.05, 0) is 85.5 Å². The maximum Gasteiger partial charge on any atom is 0.252 e. The number of fused-ring (bicyclic) bond motifs is 1. The van der Waals surface area contributed by atoms with Crippen molar-refractivity contribution in [3.63, 3.8) is 0 Å². The average molecular weight is 515 g/mol. The van der Waals surface area contributed by atoms with Crippen molar-refractivity contribution in [3.8, 4) is 0 Å². The molecule has 1 aliphatic rings. The van der Waals surface area contributed by atoms with Gasteiger partial charge in [-0.25, -0.2) is 4.68 Å². The van der Waals surface area contributed by atoms with Crippen LogP contribution in [0.25, 0.3) is 10.9 Å². The first-order valence-corrected chi connectivity index (χ1v) is 13.7. The highest BCUT2D eigenvalue weighted by Gasteiger charge is 2.27. The molecule has 5 rings (SSSR count). The van der Waals surface area contributed by atoms with E-state index in [1.165, 1.54) is 16.7 Å². The number of nitrogens with one attached hydrogen (secondary N) is 1. The summed E-state index contributed by atoms with van der Waals surface area (Å²) >= 11 is 0. The number of hydrogen-bond donors (Lipinski definition) is 1. The number of nitrogens with zero attached hydrogens (tertiary/aromatic N) is 5. The summed E-state index contributed by atoms with van der Waals surface area (Å²) in [5.41, 5.74) is 6.41. The predicted molar refractivity (Wildman–Crippen MR) is 149 cm³/mol. The molecule has 1 fully saturated rings. The molecule has 0 saturated carbocycles. The SMILES string of the molecule is CC[C@H](c1nnnn1C[C@H]1CCCO1)N(CCc1cccc(C)c1)Cc1cc2cc(C)cc(C)c2[nH]c1=O. The maximum absolute atomic E-state index is 13.3. The molecular formula is C30H38N6O2. The first-order valence-electron chi connectivity index (χ1n) is 13.7. The Kier molecular flexibility index (Phi) is 8.00. The molecule has 0 radical (unpaired) electrons. The highest BCUT2D eigenvalue weighted by molar-refractivity contribution is 5.82. The van der Waals surface area contributed by atoms with Gasteiger partial charge in [0.1, 0.15) is 0 Å². The normalized spacial score (nSPS) is 16.5. The molecule has 2 atom stereocenters. The molecule has 0 aliphatic carbocycles. The highest BCUT2D eigenvalue weighted by Crippen LogP contribution is 2.26. The van der Waals surface area contributed by atoms with E-state index in [1.807, 2.05) is 11.6 Å². The topological polar surface area (TPSA) is 88.9 Å². The summed E-state index contributed by atoms with van der Waals surface area (Å²) in [6.07, 6.45) is 3.94. The zero-order valence-electron chi connectivity index (χ0n) is 22.9. The molecule has 3 heterocycles. The molecule has 2 aromatic heterocycles. The summed E-state index contributed by atoms with van der Waals surface area (Å²) < 4.78 is 7.77. The van der Waals surface area contributed by atoms with E-state index >= 15 is 0 Å². The van der Waals surface area contributed by atoms with Crippen LogP contribution in [0, 0.1) is 20.8 Å². The largest absolute Gasteiger partial charge is 0.376 e. The lowest BCUT2D eigenvalue weighted by molar-refractivity contribution is 0.0893. The van der Waals surface area contributed by atoms with Gasteiger partial charge in [-0.1, -0.05) is 48.4 Å². The molecule has 0 unspecified atom stereocenters. The van der Waals surface area contributed by atoms with Crippen LogP contribution < -0.4 is 5.56 Å². The summed E-state index contributed by atoms with van der Waals surface area (Å²) in [5, 5.41) is 13.9. The fourth-order valence-corrected chi connectivity index (χ4v) is 5.72. The number of aryl methyl sites for hydroxylation is 3. The number of ether oxygens (including phenoxy) is 1. The fourth-order valence-electron chi connectivity index (χ4n) is 5.72. The van der Waals surface area contributed by atoms with Gasteiger partial charge >= 0.3 is 0 Å². The predicted octanol–water partition coefficient (Wildman–Crippen LogP) is 4.81. The van der Waals surface area contributed by atoms with Gasteiger partial charge in [0.25, 0.3) is 5.56 Å². The number of aromatic nitrogens is 5. The zero-order chi connectivity index (χ0) is 26.6. The van der Waals surface area contributed by atoms with Crippen molar-refractivity contribution in [2.75, 3.05) is 13.2 Å². The summed E-state index contributed by atoms with van der Waals surface area (Å²) in [7, 11) is 0. The Bertz CT molecular complexity index is 1450. The van der Waals surface area contributed by atoms with Gasteiger partial charge in [-0.15, -0.1) is 5.10 Å². The van der Waals surface area contributed by atoms with E-state index in [9.17, 15) is 4.79 Å². The Hall–Kier alpha value is -3.36. The second-order valence-electron chi connectivity index (χ2n) is 10.7. The number of hydrogen-bond acceptors (Lipinski definition) is 6. The summed E-state index contributed by atoms with van der Waals surface area (Å²) in [5.74, 6) is 0.830. The third-order valence-corrected chi connectivity index (χ3v) is 7.60. The van der Waals surface area contributed by atoms with Gasteiger partial charge < -0.3 is 9.72 Å². The van der Waals surface area contributed by atoms with Gasteiger partial charge in [0, 0.05) is 25.3 Å². The number of aromatic amines is 1. The molecular weight excluding hydrogens is 476 g/mol. The van der Waals surface area contributed by atoms with E-state index in [4.69, 9.17) is 4.74 Å². The first-order chi connectivity index (χ1) is 18.4. The van der Waals surface area contributed by atoms with Crippen molar-refractivity contribution in [2.24, 2.45) is 0 Å². The molecule has 1 saturated heterocycles. The zero-order valence-corrected chi connectivity index (χ0v) is 22.9. The quantitative estimate of drug-likeness (QED) is 0.327. The van der Waals surface area contributed by atoms with E-state index in [1.54, 1.807) is 0 Å². The Balaban J connectivity index is 1.48. The number of H-pyrrole nitrogens is 1. The van der Waals surface area contributed by atoms with E-state index in [0.717, 1.165) is 66.7 Å². The molecule has 1 N–H and O–H groups in total. The molecule has 200 valence electrons. The number of tetrazole rings is 1. The summed E-state index contributed by atoms with van der Waals surface area (Å²) in [6.45, 7) is 11.1. The molecule has 0 spiro atoms. The number of rotatable bonds is 10. The Morgan fingerprint density at radius 1 is 1.16 bits per heavy atom. The molecule has 4 aromatic rings. The molecule has 8 nitrogen and oxygen atoms in total. The molecule has 38 heavy (non-hydrogen) atoms. The Morgan fingerprint density at radius 2 is 2.03 bits per heavy atom. The van der Waals surface area contributed by atoms with Crippen LogP contribution >= 0.6 is 0 Å². The minimum Gasteiger partial charge on any atom is -0.376 e. The van der Waals surface area contributed by atoms with Crippen LogP contribution in [0.4, 0.5) is 0 Å². The minimum atomic E-state index is -0.0428. The smallest absolute Gasteiger partial charge is 0.252 e. The van der Waals surface area contributed by atoms with Crippen LogP contribution in [0.15, 0.2) is 47.3 Å². The lowest BCUT2D eigenvalue weighted by atomic mass is 10.0.